The first-order valence-corrected chi connectivity index (χ1v) is 9.38. The van der Waals surface area contributed by atoms with Gasteiger partial charge in [-0.2, -0.15) is 0 Å². The lowest BCUT2D eigenvalue weighted by Gasteiger charge is -2.35. The van der Waals surface area contributed by atoms with Crippen LogP contribution in [0.1, 0.15) is 41.5 Å². The lowest BCUT2D eigenvalue weighted by Crippen LogP contribution is -2.56. The largest absolute Gasteiger partial charge is 0.274 e. The van der Waals surface area contributed by atoms with Crippen molar-refractivity contribution in [3.8, 4) is 0 Å². The Bertz CT molecular complexity index is 1040. The topological polar surface area (TPSA) is 62.3 Å². The molecular weight excluding hydrogens is 397 g/mol. The second kappa shape index (κ2) is 7.78. The van der Waals surface area contributed by atoms with Gasteiger partial charge >= 0.3 is 0 Å². The number of para-hydroxylation sites is 1. The molecule has 0 aliphatic heterocycles. The molecular formula is C21H19Cl2N3O2. The molecule has 0 aliphatic carbocycles. The maximum Gasteiger partial charge on any atom is 0.274 e. The van der Waals surface area contributed by atoms with Gasteiger partial charge in [-0.05, 0) is 51.1 Å². The smallest absolute Gasteiger partial charge is 0.267 e. The number of hydrogen-bond donors (Lipinski definition) is 1. The van der Waals surface area contributed by atoms with E-state index < -0.39 is 11.4 Å². The average Bonchev–Trinajstić information content (AvgIpc) is 2.63. The van der Waals surface area contributed by atoms with E-state index in [1.54, 1.807) is 18.3 Å². The van der Waals surface area contributed by atoms with Gasteiger partial charge in [0.1, 0.15) is 0 Å². The maximum absolute atomic E-state index is 13.3. The summed E-state index contributed by atoms with van der Waals surface area (Å²) in [7, 11) is 0. The first kappa shape index (κ1) is 20.1. The van der Waals surface area contributed by atoms with E-state index in [-0.39, 0.29) is 11.5 Å². The minimum atomic E-state index is -0.688. The van der Waals surface area contributed by atoms with E-state index in [1.165, 1.54) is 23.2 Å². The molecule has 0 fully saturated rings. The summed E-state index contributed by atoms with van der Waals surface area (Å²) in [6.45, 7) is 5.48. The van der Waals surface area contributed by atoms with Crippen LogP contribution in [-0.4, -0.2) is 27.3 Å². The van der Waals surface area contributed by atoms with Crippen molar-refractivity contribution in [1.29, 1.82) is 0 Å². The number of carbonyl (C=O) groups excluding carboxylic acids is 2. The molecule has 2 aromatic carbocycles. The molecule has 0 radical (unpaired) electrons. The molecule has 2 amide bonds. The molecule has 7 heteroatoms. The van der Waals surface area contributed by atoms with Crippen LogP contribution in [0.5, 0.6) is 0 Å². The zero-order chi connectivity index (χ0) is 20.5. The standard InChI is InChI=1S/C21H19Cl2N3O2/c1-21(2,3)26(25-19(27)14-10-15(22)12-16(23)11-14)20(28)17-8-4-6-13-7-5-9-24-18(13)17/h4-12H,1-3H3,(H,25,27). The number of hydrazine groups is 1. The Morgan fingerprint density at radius 3 is 2.29 bits per heavy atom. The Hall–Kier alpha value is -2.63. The molecule has 0 spiro atoms. The van der Waals surface area contributed by atoms with Gasteiger partial charge in [-0.15, -0.1) is 0 Å². The molecule has 3 rings (SSSR count). The van der Waals surface area contributed by atoms with Gasteiger partial charge in [0.2, 0.25) is 0 Å². The minimum Gasteiger partial charge on any atom is -0.267 e. The average molecular weight is 416 g/mol. The summed E-state index contributed by atoms with van der Waals surface area (Å²) < 4.78 is 0. The number of halogens is 2. The van der Waals surface area contributed by atoms with Gasteiger partial charge in [-0.25, -0.2) is 5.01 Å². The molecule has 5 nitrogen and oxygen atoms in total. The molecule has 3 aromatic rings. The van der Waals surface area contributed by atoms with Crippen molar-refractivity contribution in [2.75, 3.05) is 0 Å². The monoisotopic (exact) mass is 415 g/mol. The molecule has 144 valence electrons. The molecule has 0 saturated heterocycles. The molecule has 1 N–H and O–H groups in total. The predicted molar refractivity (Wildman–Crippen MR) is 112 cm³/mol. The van der Waals surface area contributed by atoms with Gasteiger partial charge in [0.25, 0.3) is 11.8 Å². The van der Waals surface area contributed by atoms with Crippen LogP contribution in [0.2, 0.25) is 10.0 Å². The fourth-order valence-electron chi connectivity index (χ4n) is 2.77. The lowest BCUT2D eigenvalue weighted by molar-refractivity contribution is 0.0360. The third kappa shape index (κ3) is 4.26. The number of benzene rings is 2. The van der Waals surface area contributed by atoms with Gasteiger partial charge in [-0.1, -0.05) is 41.4 Å². The molecule has 0 saturated carbocycles. The lowest BCUT2D eigenvalue weighted by atomic mass is 10.0. The van der Waals surface area contributed by atoms with Gasteiger partial charge in [0, 0.05) is 27.2 Å². The SMILES string of the molecule is CC(C)(C)N(NC(=O)c1cc(Cl)cc(Cl)c1)C(=O)c1cccc2cccnc12. The van der Waals surface area contributed by atoms with Crippen molar-refractivity contribution < 1.29 is 9.59 Å². The first-order valence-electron chi connectivity index (χ1n) is 8.62. The van der Waals surface area contributed by atoms with Crippen molar-refractivity contribution in [3.63, 3.8) is 0 Å². The van der Waals surface area contributed by atoms with E-state index in [2.05, 4.69) is 10.4 Å². The van der Waals surface area contributed by atoms with Crippen LogP contribution in [0.15, 0.2) is 54.7 Å². The molecule has 1 aromatic heterocycles. The summed E-state index contributed by atoms with van der Waals surface area (Å²) in [6, 6.07) is 13.6. The van der Waals surface area contributed by atoms with Crippen molar-refractivity contribution in [2.45, 2.75) is 26.3 Å². The van der Waals surface area contributed by atoms with Crippen molar-refractivity contribution in [2.24, 2.45) is 0 Å². The number of nitrogens with zero attached hydrogens (tertiary/aromatic N) is 2. The highest BCUT2D eigenvalue weighted by molar-refractivity contribution is 6.35. The zero-order valence-corrected chi connectivity index (χ0v) is 17.2. The Morgan fingerprint density at radius 2 is 1.64 bits per heavy atom. The fraction of sp³-hybridized carbons (Fsp3) is 0.190. The van der Waals surface area contributed by atoms with Crippen LogP contribution in [0, 0.1) is 0 Å². The van der Waals surface area contributed by atoms with Crippen LogP contribution in [-0.2, 0) is 0 Å². The fourth-order valence-corrected chi connectivity index (χ4v) is 3.30. The summed E-state index contributed by atoms with van der Waals surface area (Å²) in [4.78, 5) is 30.4. The number of fused-ring (bicyclic) bond motifs is 1. The Labute approximate surface area is 173 Å². The summed E-state index contributed by atoms with van der Waals surface area (Å²) in [5.74, 6) is -0.848. The number of nitrogens with one attached hydrogen (secondary N) is 1. The minimum absolute atomic E-state index is 0.260. The third-order valence-electron chi connectivity index (χ3n) is 4.08. The highest BCUT2D eigenvalue weighted by atomic mass is 35.5. The normalized spacial score (nSPS) is 11.3. The van der Waals surface area contributed by atoms with Crippen molar-refractivity contribution >= 4 is 45.9 Å². The van der Waals surface area contributed by atoms with Gasteiger partial charge < -0.3 is 0 Å². The quantitative estimate of drug-likeness (QED) is 0.590. The van der Waals surface area contributed by atoms with Gasteiger partial charge in [0.05, 0.1) is 16.6 Å². The second-order valence-electron chi connectivity index (χ2n) is 7.29. The van der Waals surface area contributed by atoms with Gasteiger partial charge in [-0.3, -0.25) is 20.0 Å². The molecule has 0 unspecified atom stereocenters. The molecule has 0 aliphatic rings. The summed E-state index contributed by atoms with van der Waals surface area (Å²) >= 11 is 12.0. The van der Waals surface area contributed by atoms with E-state index in [0.717, 1.165) is 5.39 Å². The van der Waals surface area contributed by atoms with Crippen LogP contribution < -0.4 is 5.43 Å². The highest BCUT2D eigenvalue weighted by Crippen LogP contribution is 2.23. The third-order valence-corrected chi connectivity index (χ3v) is 4.51. The zero-order valence-electron chi connectivity index (χ0n) is 15.7. The van der Waals surface area contributed by atoms with Crippen molar-refractivity contribution in [1.82, 2.24) is 15.4 Å². The van der Waals surface area contributed by atoms with Gasteiger partial charge in [0.15, 0.2) is 0 Å². The van der Waals surface area contributed by atoms with Crippen LogP contribution in [0.3, 0.4) is 0 Å². The Morgan fingerprint density at radius 1 is 1.00 bits per heavy atom. The van der Waals surface area contributed by atoms with Crippen LogP contribution >= 0.6 is 23.2 Å². The number of amides is 2. The van der Waals surface area contributed by atoms with E-state index in [4.69, 9.17) is 23.2 Å². The Kier molecular flexibility index (Phi) is 5.59. The number of carbonyl (C=O) groups is 2. The maximum atomic E-state index is 13.3. The second-order valence-corrected chi connectivity index (χ2v) is 8.16. The predicted octanol–water partition coefficient (Wildman–Crippen LogP) is 5.13. The van der Waals surface area contributed by atoms with E-state index in [1.807, 2.05) is 39.0 Å². The number of aromatic nitrogens is 1. The number of pyridine rings is 1. The van der Waals surface area contributed by atoms with Crippen molar-refractivity contribution in [3.05, 3.63) is 75.9 Å². The molecule has 0 atom stereocenters. The summed E-state index contributed by atoms with van der Waals surface area (Å²) in [6.07, 6.45) is 1.63. The summed E-state index contributed by atoms with van der Waals surface area (Å²) in [5, 5.41) is 2.82. The Balaban J connectivity index is 1.98. The molecule has 28 heavy (non-hydrogen) atoms. The number of hydrogen-bond acceptors (Lipinski definition) is 3. The first-order chi connectivity index (χ1) is 13.2. The molecule has 1 heterocycles. The van der Waals surface area contributed by atoms with E-state index >= 15 is 0 Å². The van der Waals surface area contributed by atoms with Crippen LogP contribution in [0.4, 0.5) is 0 Å². The van der Waals surface area contributed by atoms with E-state index in [9.17, 15) is 9.59 Å². The summed E-state index contributed by atoms with van der Waals surface area (Å²) in [5.41, 5.74) is 3.24. The highest BCUT2D eigenvalue weighted by Gasteiger charge is 2.31. The molecule has 0 bridgehead atoms. The van der Waals surface area contributed by atoms with Crippen LogP contribution in [0.25, 0.3) is 10.9 Å². The van der Waals surface area contributed by atoms with E-state index in [0.29, 0.717) is 21.1 Å². The number of rotatable bonds is 2.